The Labute approximate surface area is 398 Å². The number of hydrogen-bond donors (Lipinski definition) is 0. The lowest BCUT2D eigenvalue weighted by Crippen LogP contribution is -2.26. The summed E-state index contributed by atoms with van der Waals surface area (Å²) in [6.07, 6.45) is 0. The van der Waals surface area contributed by atoms with Crippen molar-refractivity contribution in [1.29, 1.82) is 0 Å². The zero-order valence-corrected chi connectivity index (χ0v) is 37.3. The number of furan rings is 2. The summed E-state index contributed by atoms with van der Waals surface area (Å²) in [6, 6.07) is 87.8. The molecule has 0 amide bonds. The Morgan fingerprint density at radius 1 is 0.304 bits per heavy atom. The molecule has 4 nitrogen and oxygen atoms in total. The maximum absolute atomic E-state index is 7.42. The molecule has 0 aliphatic heterocycles. The van der Waals surface area contributed by atoms with E-state index in [1.165, 1.54) is 44.2 Å². The van der Waals surface area contributed by atoms with Crippen molar-refractivity contribution in [2.24, 2.45) is 0 Å². The Morgan fingerprint density at radius 2 is 0.768 bits per heavy atom. The predicted octanol–water partition coefficient (Wildman–Crippen LogP) is 17.9. The Hall–Kier alpha value is -9.12. The lowest BCUT2D eigenvalue weighted by molar-refractivity contribution is 0.668. The van der Waals surface area contributed by atoms with E-state index in [1.807, 2.05) is 0 Å². The minimum Gasteiger partial charge on any atom is -0.455 e. The van der Waals surface area contributed by atoms with Crippen LogP contribution in [-0.2, 0) is 5.41 Å². The standard InChI is InChI=1S/C65H40N2O2/c1-4-22-43(23-5-1)66(44-24-6-2-7-25-44)55-39-54-62(64-59(55)49-30-14-18-34-57(49)69-64)61-53(65(54)51-32-16-12-28-47(51)48-29-13-17-33-52(48)65)40-56(63-60(61)50-31-15-19-35-58(50)68-63)67(45-26-8-3-9-27-45)46-37-36-41-20-10-11-21-42(41)38-46/h1-40H. The Morgan fingerprint density at radius 3 is 1.39 bits per heavy atom. The van der Waals surface area contributed by atoms with Crippen LogP contribution in [-0.4, -0.2) is 0 Å². The minimum atomic E-state index is -0.772. The molecular formula is C65H40N2O2. The van der Waals surface area contributed by atoms with Crippen LogP contribution in [0.4, 0.5) is 34.1 Å². The fourth-order valence-corrected chi connectivity index (χ4v) is 12.1. The van der Waals surface area contributed by atoms with Crippen LogP contribution in [0.2, 0.25) is 0 Å². The summed E-state index contributed by atoms with van der Waals surface area (Å²) in [6.45, 7) is 0. The molecule has 11 aromatic carbocycles. The van der Waals surface area contributed by atoms with Crippen molar-refractivity contribution in [1.82, 2.24) is 0 Å². The third kappa shape index (κ3) is 5.23. The Balaban J connectivity index is 1.17. The molecule has 0 unspecified atom stereocenters. The first kappa shape index (κ1) is 38.0. The van der Waals surface area contributed by atoms with Gasteiger partial charge in [0.2, 0.25) is 0 Å². The van der Waals surface area contributed by atoms with Gasteiger partial charge in [-0.15, -0.1) is 0 Å². The normalized spacial score (nSPS) is 13.0. The van der Waals surface area contributed by atoms with Gasteiger partial charge in [0, 0.05) is 50.0 Å². The molecule has 0 N–H and O–H groups in total. The van der Waals surface area contributed by atoms with E-state index in [2.05, 4.69) is 252 Å². The largest absolute Gasteiger partial charge is 0.455 e. The quantitative estimate of drug-likeness (QED) is 0.167. The summed E-state index contributed by atoms with van der Waals surface area (Å²) in [4.78, 5) is 4.81. The monoisotopic (exact) mass is 880 g/mol. The van der Waals surface area contributed by atoms with E-state index in [0.29, 0.717) is 0 Å². The van der Waals surface area contributed by atoms with Gasteiger partial charge in [-0.25, -0.2) is 0 Å². The fourth-order valence-electron chi connectivity index (χ4n) is 12.1. The van der Waals surface area contributed by atoms with Gasteiger partial charge in [0.25, 0.3) is 0 Å². The summed E-state index contributed by atoms with van der Waals surface area (Å²) in [5, 5.41) is 6.61. The van der Waals surface area contributed by atoms with E-state index in [0.717, 1.165) is 89.1 Å². The van der Waals surface area contributed by atoms with Crippen LogP contribution in [0.15, 0.2) is 251 Å². The van der Waals surface area contributed by atoms with Gasteiger partial charge in [0.05, 0.1) is 22.2 Å². The molecule has 1 spiro atoms. The van der Waals surface area contributed by atoms with Crippen LogP contribution < -0.4 is 9.80 Å². The van der Waals surface area contributed by atoms with E-state index < -0.39 is 5.41 Å². The first-order valence-corrected chi connectivity index (χ1v) is 23.7. The maximum Gasteiger partial charge on any atom is 0.160 e. The van der Waals surface area contributed by atoms with E-state index in [-0.39, 0.29) is 0 Å². The third-order valence-electron chi connectivity index (χ3n) is 14.8. The zero-order valence-electron chi connectivity index (χ0n) is 37.3. The van der Waals surface area contributed by atoms with Gasteiger partial charge in [-0.3, -0.25) is 0 Å². The van der Waals surface area contributed by atoms with Crippen molar-refractivity contribution in [3.8, 4) is 22.3 Å². The lowest BCUT2D eigenvalue weighted by Gasteiger charge is -2.33. The van der Waals surface area contributed by atoms with Gasteiger partial charge < -0.3 is 18.6 Å². The Kier molecular flexibility index (Phi) is 7.96. The molecule has 2 aromatic heterocycles. The van der Waals surface area contributed by atoms with Crippen molar-refractivity contribution < 1.29 is 8.83 Å². The number of benzene rings is 11. The van der Waals surface area contributed by atoms with Crippen LogP contribution >= 0.6 is 0 Å². The second-order valence-corrected chi connectivity index (χ2v) is 18.3. The van der Waals surface area contributed by atoms with Gasteiger partial charge >= 0.3 is 0 Å². The van der Waals surface area contributed by atoms with Gasteiger partial charge in [-0.1, -0.05) is 170 Å². The number of anilines is 6. The summed E-state index contributed by atoms with van der Waals surface area (Å²) in [7, 11) is 0. The Bertz CT molecular complexity index is 4120. The molecule has 0 saturated heterocycles. The average molecular weight is 881 g/mol. The van der Waals surface area contributed by atoms with Gasteiger partial charge in [-0.05, 0) is 117 Å². The molecule has 2 aliphatic carbocycles. The molecule has 0 fully saturated rings. The van der Waals surface area contributed by atoms with Crippen molar-refractivity contribution in [3.05, 3.63) is 265 Å². The molecule has 0 saturated carbocycles. The first-order chi connectivity index (χ1) is 34.3. The van der Waals surface area contributed by atoms with Crippen LogP contribution in [0.1, 0.15) is 22.3 Å². The molecular weight excluding hydrogens is 841 g/mol. The summed E-state index contributed by atoms with van der Waals surface area (Å²) < 4.78 is 14.7. The van der Waals surface area contributed by atoms with Crippen molar-refractivity contribution in [2.45, 2.75) is 5.41 Å². The number of fused-ring (bicyclic) bond motifs is 19. The topological polar surface area (TPSA) is 32.8 Å². The van der Waals surface area contributed by atoms with Crippen molar-refractivity contribution in [2.75, 3.05) is 9.80 Å². The molecule has 69 heavy (non-hydrogen) atoms. The van der Waals surface area contributed by atoms with Crippen molar-refractivity contribution >= 4 is 88.8 Å². The van der Waals surface area contributed by atoms with Gasteiger partial charge in [0.1, 0.15) is 16.7 Å². The second kappa shape index (κ2) is 14.4. The second-order valence-electron chi connectivity index (χ2n) is 18.3. The first-order valence-electron chi connectivity index (χ1n) is 23.7. The SMILES string of the molecule is c1ccc(N(c2ccc3ccccc3c2)c2cc3c(c4c2oc2ccccc24)-c2c(cc(N(c4ccccc4)c4ccccc4)c4c2oc2ccccc24)C32c3ccccc3-c3ccccc32)cc1. The molecule has 2 heterocycles. The molecule has 0 radical (unpaired) electrons. The number of nitrogens with zero attached hydrogens (tertiary/aromatic N) is 2. The van der Waals surface area contributed by atoms with E-state index in [9.17, 15) is 0 Å². The summed E-state index contributed by atoms with van der Waals surface area (Å²) in [5.74, 6) is 0. The number of para-hydroxylation sites is 5. The molecule has 322 valence electrons. The van der Waals surface area contributed by atoms with Gasteiger partial charge in [0.15, 0.2) is 5.58 Å². The van der Waals surface area contributed by atoms with E-state index in [1.54, 1.807) is 0 Å². The molecule has 0 atom stereocenters. The van der Waals surface area contributed by atoms with Crippen LogP contribution in [0.25, 0.3) is 76.9 Å². The maximum atomic E-state index is 7.42. The van der Waals surface area contributed by atoms with E-state index >= 15 is 0 Å². The van der Waals surface area contributed by atoms with Crippen molar-refractivity contribution in [3.63, 3.8) is 0 Å². The summed E-state index contributed by atoms with van der Waals surface area (Å²) in [5.41, 5.74) is 18.3. The lowest BCUT2D eigenvalue weighted by atomic mass is 9.70. The number of rotatable bonds is 6. The molecule has 15 rings (SSSR count). The average Bonchev–Trinajstić information content (AvgIpc) is 4.16. The predicted molar refractivity (Wildman–Crippen MR) is 284 cm³/mol. The minimum absolute atomic E-state index is 0.772. The highest BCUT2D eigenvalue weighted by Crippen LogP contribution is 2.68. The summed E-state index contributed by atoms with van der Waals surface area (Å²) >= 11 is 0. The zero-order chi connectivity index (χ0) is 45.2. The number of hydrogen-bond acceptors (Lipinski definition) is 4. The highest BCUT2D eigenvalue weighted by atomic mass is 16.3. The molecule has 13 aromatic rings. The van der Waals surface area contributed by atoms with Gasteiger partial charge in [-0.2, -0.15) is 0 Å². The molecule has 4 heteroatoms. The van der Waals surface area contributed by atoms with Crippen LogP contribution in [0.5, 0.6) is 0 Å². The van der Waals surface area contributed by atoms with E-state index in [4.69, 9.17) is 8.83 Å². The van der Waals surface area contributed by atoms with Crippen LogP contribution in [0.3, 0.4) is 0 Å². The fraction of sp³-hybridized carbons (Fsp3) is 0.0154. The van der Waals surface area contributed by atoms with Crippen LogP contribution in [0, 0.1) is 0 Å². The molecule has 0 bridgehead atoms. The highest BCUT2D eigenvalue weighted by Gasteiger charge is 2.54. The highest BCUT2D eigenvalue weighted by molar-refractivity contribution is 6.26. The third-order valence-corrected chi connectivity index (χ3v) is 14.8. The molecule has 2 aliphatic rings. The smallest absolute Gasteiger partial charge is 0.160 e.